The first-order valence-corrected chi connectivity index (χ1v) is 6.64. The fraction of sp³-hybridized carbons (Fsp3) is 0.923. The quantitative estimate of drug-likeness (QED) is 0.749. The molecular weight excluding hydrogens is 214 g/mol. The summed E-state index contributed by atoms with van der Waals surface area (Å²) >= 11 is 0. The van der Waals surface area contributed by atoms with Gasteiger partial charge in [0.2, 0.25) is 5.91 Å². The van der Waals surface area contributed by atoms with E-state index in [0.717, 1.165) is 39.0 Å². The molecule has 1 amide bonds. The Balaban J connectivity index is 2.24. The molecule has 0 radical (unpaired) electrons. The van der Waals surface area contributed by atoms with E-state index in [-0.39, 0.29) is 11.3 Å². The Hall–Kier alpha value is -0.610. The van der Waals surface area contributed by atoms with Crippen molar-refractivity contribution in [1.82, 2.24) is 10.2 Å². The molecule has 1 heterocycles. The summed E-state index contributed by atoms with van der Waals surface area (Å²) in [6.45, 7) is 10.5. The highest BCUT2D eigenvalue weighted by Crippen LogP contribution is 2.28. The molecule has 1 saturated heterocycles. The summed E-state index contributed by atoms with van der Waals surface area (Å²) in [5, 5.41) is 2.96. The van der Waals surface area contributed by atoms with Crippen molar-refractivity contribution in [3.05, 3.63) is 0 Å². The first-order chi connectivity index (χ1) is 7.95. The first kappa shape index (κ1) is 14.5. The lowest BCUT2D eigenvalue weighted by Crippen LogP contribution is -2.46. The number of hydrogen-bond donors (Lipinski definition) is 2. The Morgan fingerprint density at radius 3 is 2.47 bits per heavy atom. The van der Waals surface area contributed by atoms with Crippen LogP contribution in [-0.2, 0) is 4.79 Å². The summed E-state index contributed by atoms with van der Waals surface area (Å²) in [4.78, 5) is 13.9. The van der Waals surface area contributed by atoms with E-state index < -0.39 is 0 Å². The van der Waals surface area contributed by atoms with Crippen LogP contribution >= 0.6 is 0 Å². The SMILES string of the molecule is CC(C)CNC(=O)CN1CCC(C)(CN)CC1. The van der Waals surface area contributed by atoms with Gasteiger partial charge in [-0.3, -0.25) is 9.69 Å². The smallest absolute Gasteiger partial charge is 0.234 e. The largest absolute Gasteiger partial charge is 0.355 e. The number of nitrogens with zero attached hydrogens (tertiary/aromatic N) is 1. The van der Waals surface area contributed by atoms with Crippen LogP contribution in [0.2, 0.25) is 0 Å². The summed E-state index contributed by atoms with van der Waals surface area (Å²) in [5.74, 6) is 0.663. The van der Waals surface area contributed by atoms with Gasteiger partial charge in [0.25, 0.3) is 0 Å². The number of carbonyl (C=O) groups is 1. The summed E-state index contributed by atoms with van der Waals surface area (Å²) < 4.78 is 0. The van der Waals surface area contributed by atoms with Crippen LogP contribution < -0.4 is 11.1 Å². The summed E-state index contributed by atoms with van der Waals surface area (Å²) in [6, 6.07) is 0. The van der Waals surface area contributed by atoms with Gasteiger partial charge in [0.05, 0.1) is 6.54 Å². The number of nitrogens with two attached hydrogens (primary N) is 1. The van der Waals surface area contributed by atoms with Gasteiger partial charge in [-0.1, -0.05) is 20.8 Å². The summed E-state index contributed by atoms with van der Waals surface area (Å²) in [7, 11) is 0. The van der Waals surface area contributed by atoms with Crippen molar-refractivity contribution in [1.29, 1.82) is 0 Å². The standard InChI is InChI=1S/C13H27N3O/c1-11(2)8-15-12(17)9-16-6-4-13(3,10-14)5-7-16/h11H,4-10,14H2,1-3H3,(H,15,17). The highest BCUT2D eigenvalue weighted by molar-refractivity contribution is 5.78. The van der Waals surface area contributed by atoms with Gasteiger partial charge in [0.1, 0.15) is 0 Å². The van der Waals surface area contributed by atoms with Gasteiger partial charge >= 0.3 is 0 Å². The van der Waals surface area contributed by atoms with E-state index >= 15 is 0 Å². The normalized spacial score (nSPS) is 20.5. The van der Waals surface area contributed by atoms with Gasteiger partial charge in [-0.2, -0.15) is 0 Å². The maximum Gasteiger partial charge on any atom is 0.234 e. The molecule has 4 heteroatoms. The van der Waals surface area contributed by atoms with Gasteiger partial charge < -0.3 is 11.1 Å². The van der Waals surface area contributed by atoms with E-state index in [4.69, 9.17) is 5.73 Å². The van der Waals surface area contributed by atoms with Crippen LogP contribution in [0.1, 0.15) is 33.6 Å². The minimum Gasteiger partial charge on any atom is -0.355 e. The molecule has 0 unspecified atom stereocenters. The Labute approximate surface area is 105 Å². The van der Waals surface area contributed by atoms with Crippen molar-refractivity contribution in [2.45, 2.75) is 33.6 Å². The molecule has 0 aromatic rings. The Morgan fingerprint density at radius 1 is 1.41 bits per heavy atom. The molecule has 1 fully saturated rings. The zero-order chi connectivity index (χ0) is 12.9. The number of amides is 1. The number of carbonyl (C=O) groups excluding carboxylic acids is 1. The second kappa shape index (κ2) is 6.36. The molecule has 17 heavy (non-hydrogen) atoms. The van der Waals surface area contributed by atoms with Gasteiger partial charge in [0, 0.05) is 6.54 Å². The maximum absolute atomic E-state index is 11.7. The molecule has 0 aromatic heterocycles. The van der Waals surface area contributed by atoms with Gasteiger partial charge in [-0.15, -0.1) is 0 Å². The van der Waals surface area contributed by atoms with Gasteiger partial charge in [-0.25, -0.2) is 0 Å². The molecule has 1 rings (SSSR count). The molecule has 0 atom stereocenters. The minimum absolute atomic E-state index is 0.148. The van der Waals surface area contributed by atoms with Crippen LogP contribution in [-0.4, -0.2) is 43.5 Å². The van der Waals surface area contributed by atoms with Crippen LogP contribution in [0.15, 0.2) is 0 Å². The number of likely N-dealkylation sites (tertiary alicyclic amines) is 1. The van der Waals surface area contributed by atoms with E-state index in [9.17, 15) is 4.79 Å². The number of piperidine rings is 1. The molecule has 1 aliphatic rings. The van der Waals surface area contributed by atoms with Crippen LogP contribution in [0, 0.1) is 11.3 Å². The molecule has 0 aromatic carbocycles. The lowest BCUT2D eigenvalue weighted by molar-refractivity contribution is -0.122. The molecule has 0 spiro atoms. The van der Waals surface area contributed by atoms with Crippen molar-refractivity contribution in [2.75, 3.05) is 32.7 Å². The summed E-state index contributed by atoms with van der Waals surface area (Å²) in [6.07, 6.45) is 2.20. The maximum atomic E-state index is 11.7. The molecule has 4 nitrogen and oxygen atoms in total. The molecular formula is C13H27N3O. The molecule has 3 N–H and O–H groups in total. The summed E-state index contributed by atoms with van der Waals surface area (Å²) in [5.41, 5.74) is 6.05. The Morgan fingerprint density at radius 2 is 2.00 bits per heavy atom. The van der Waals surface area contributed by atoms with Crippen molar-refractivity contribution in [3.63, 3.8) is 0 Å². The fourth-order valence-corrected chi connectivity index (χ4v) is 2.03. The second-order valence-electron chi connectivity index (χ2n) is 5.99. The third-order valence-electron chi connectivity index (χ3n) is 3.63. The van der Waals surface area contributed by atoms with Crippen LogP contribution in [0.4, 0.5) is 0 Å². The van der Waals surface area contributed by atoms with Gasteiger partial charge in [-0.05, 0) is 43.8 Å². The second-order valence-corrected chi connectivity index (χ2v) is 5.99. The fourth-order valence-electron chi connectivity index (χ4n) is 2.03. The highest BCUT2D eigenvalue weighted by atomic mass is 16.2. The zero-order valence-electron chi connectivity index (χ0n) is 11.5. The van der Waals surface area contributed by atoms with Crippen molar-refractivity contribution in [3.8, 4) is 0 Å². The number of hydrogen-bond acceptors (Lipinski definition) is 3. The van der Waals surface area contributed by atoms with E-state index in [1.807, 2.05) is 0 Å². The van der Waals surface area contributed by atoms with Crippen molar-refractivity contribution in [2.24, 2.45) is 17.1 Å². The van der Waals surface area contributed by atoms with Crippen LogP contribution in [0.5, 0.6) is 0 Å². The third-order valence-corrected chi connectivity index (χ3v) is 3.63. The van der Waals surface area contributed by atoms with Crippen LogP contribution in [0.25, 0.3) is 0 Å². The number of nitrogens with one attached hydrogen (secondary N) is 1. The van der Waals surface area contributed by atoms with E-state index in [1.165, 1.54) is 0 Å². The molecule has 0 aliphatic carbocycles. The van der Waals surface area contributed by atoms with Crippen molar-refractivity contribution >= 4 is 5.91 Å². The Kier molecular flexibility index (Phi) is 5.40. The molecule has 0 saturated carbocycles. The van der Waals surface area contributed by atoms with Crippen LogP contribution in [0.3, 0.4) is 0 Å². The Bertz CT molecular complexity index is 245. The lowest BCUT2D eigenvalue weighted by atomic mass is 9.80. The average molecular weight is 241 g/mol. The molecule has 100 valence electrons. The zero-order valence-corrected chi connectivity index (χ0v) is 11.5. The molecule has 0 bridgehead atoms. The number of rotatable bonds is 5. The predicted molar refractivity (Wildman–Crippen MR) is 70.7 cm³/mol. The highest BCUT2D eigenvalue weighted by Gasteiger charge is 2.29. The average Bonchev–Trinajstić information content (AvgIpc) is 2.30. The minimum atomic E-state index is 0.148. The van der Waals surface area contributed by atoms with E-state index in [0.29, 0.717) is 12.5 Å². The monoisotopic (exact) mass is 241 g/mol. The third kappa shape index (κ3) is 5.04. The molecule has 1 aliphatic heterocycles. The van der Waals surface area contributed by atoms with E-state index in [1.54, 1.807) is 0 Å². The van der Waals surface area contributed by atoms with Gasteiger partial charge in [0.15, 0.2) is 0 Å². The first-order valence-electron chi connectivity index (χ1n) is 6.64. The van der Waals surface area contributed by atoms with E-state index in [2.05, 4.69) is 31.0 Å². The lowest BCUT2D eigenvalue weighted by Gasteiger charge is -2.38. The van der Waals surface area contributed by atoms with Crippen molar-refractivity contribution < 1.29 is 4.79 Å². The predicted octanol–water partition coefficient (Wildman–Crippen LogP) is 0.819. The topological polar surface area (TPSA) is 58.4 Å².